The van der Waals surface area contributed by atoms with Gasteiger partial charge < -0.3 is 0 Å². The third kappa shape index (κ3) is 2.17. The largest absolute Gasteiger partial charge is 0.294 e. The molecule has 1 atom stereocenters. The van der Waals surface area contributed by atoms with Crippen molar-refractivity contribution in [3.63, 3.8) is 0 Å². The molecule has 15 heavy (non-hydrogen) atoms. The highest BCUT2D eigenvalue weighted by Gasteiger charge is 2.27. The first-order valence-electron chi connectivity index (χ1n) is 4.99. The summed E-state index contributed by atoms with van der Waals surface area (Å²) in [5.74, 6) is 0.325. The van der Waals surface area contributed by atoms with E-state index in [-0.39, 0.29) is 11.7 Å². The van der Waals surface area contributed by atoms with Crippen molar-refractivity contribution < 1.29 is 4.79 Å². The number of carbonyl (C=O) groups is 1. The van der Waals surface area contributed by atoms with E-state index in [1.807, 2.05) is 6.07 Å². The molecule has 2 rings (SSSR count). The lowest BCUT2D eigenvalue weighted by molar-refractivity contribution is 0.0902. The molecule has 3 heteroatoms. The zero-order valence-corrected chi connectivity index (χ0v) is 9.96. The maximum Gasteiger partial charge on any atom is 0.166 e. The van der Waals surface area contributed by atoms with Gasteiger partial charge in [-0.25, -0.2) is 0 Å². The molecular weight excluding hydrogens is 254 g/mol. The van der Waals surface area contributed by atoms with E-state index in [4.69, 9.17) is 0 Å². The van der Waals surface area contributed by atoms with Crippen LogP contribution in [0.3, 0.4) is 0 Å². The van der Waals surface area contributed by atoms with Crippen molar-refractivity contribution in [3.8, 4) is 0 Å². The SMILES string of the molecule is C=C(Br)CC1CCc2cnccc2C1=O. The van der Waals surface area contributed by atoms with Crippen molar-refractivity contribution >= 4 is 21.7 Å². The molecule has 78 valence electrons. The molecule has 0 amide bonds. The summed E-state index contributed by atoms with van der Waals surface area (Å²) in [4.78, 5) is 16.1. The van der Waals surface area contributed by atoms with Gasteiger partial charge in [-0.05, 0) is 35.4 Å². The highest BCUT2D eigenvalue weighted by molar-refractivity contribution is 9.11. The molecule has 0 saturated carbocycles. The third-order valence-corrected chi connectivity index (χ3v) is 3.09. The van der Waals surface area contributed by atoms with Gasteiger partial charge in [-0.3, -0.25) is 9.78 Å². The molecule has 1 aromatic rings. The van der Waals surface area contributed by atoms with Gasteiger partial charge in [0.2, 0.25) is 0 Å². The number of ketones is 1. The molecule has 0 aliphatic heterocycles. The number of allylic oxidation sites excluding steroid dienone is 1. The van der Waals surface area contributed by atoms with Crippen LogP contribution in [0.25, 0.3) is 0 Å². The monoisotopic (exact) mass is 265 g/mol. The fourth-order valence-corrected chi connectivity index (χ4v) is 2.40. The summed E-state index contributed by atoms with van der Waals surface area (Å²) in [7, 11) is 0. The standard InChI is InChI=1S/C12H12BrNO/c1-8(13)6-9-2-3-10-7-14-5-4-11(10)12(9)15/h4-5,7,9H,1-3,6H2. The molecular formula is C12H12BrNO. The van der Waals surface area contributed by atoms with Crippen LogP contribution in [-0.4, -0.2) is 10.8 Å². The van der Waals surface area contributed by atoms with Crippen LogP contribution in [-0.2, 0) is 6.42 Å². The highest BCUT2D eigenvalue weighted by Crippen LogP contribution is 2.29. The zero-order valence-electron chi connectivity index (χ0n) is 8.37. The Bertz CT molecular complexity index is 414. The summed E-state index contributed by atoms with van der Waals surface area (Å²) in [6.45, 7) is 3.79. The van der Waals surface area contributed by atoms with Crippen molar-refractivity contribution in [1.29, 1.82) is 0 Å². The number of aromatic nitrogens is 1. The second-order valence-electron chi connectivity index (χ2n) is 3.85. The van der Waals surface area contributed by atoms with Gasteiger partial charge in [-0.1, -0.05) is 22.5 Å². The predicted molar refractivity (Wildman–Crippen MR) is 63.1 cm³/mol. The van der Waals surface area contributed by atoms with E-state index in [9.17, 15) is 4.79 Å². The Hall–Kier alpha value is -0.960. The van der Waals surface area contributed by atoms with Crippen molar-refractivity contribution in [3.05, 3.63) is 40.6 Å². The third-order valence-electron chi connectivity index (χ3n) is 2.77. The summed E-state index contributed by atoms with van der Waals surface area (Å²) in [6, 6.07) is 1.82. The molecule has 0 saturated heterocycles. The molecule has 1 unspecified atom stereocenters. The molecule has 0 spiro atoms. The fraction of sp³-hybridized carbons (Fsp3) is 0.333. The van der Waals surface area contributed by atoms with Gasteiger partial charge in [0.05, 0.1) is 0 Å². The molecule has 1 aromatic heterocycles. The van der Waals surface area contributed by atoms with Gasteiger partial charge in [0.15, 0.2) is 5.78 Å². The minimum atomic E-state index is 0.0896. The lowest BCUT2D eigenvalue weighted by Crippen LogP contribution is -2.22. The first-order valence-corrected chi connectivity index (χ1v) is 5.78. The van der Waals surface area contributed by atoms with Gasteiger partial charge in [-0.15, -0.1) is 0 Å². The van der Waals surface area contributed by atoms with Crippen LogP contribution < -0.4 is 0 Å². The summed E-state index contributed by atoms with van der Waals surface area (Å²) in [5, 5.41) is 0. The van der Waals surface area contributed by atoms with E-state index in [2.05, 4.69) is 27.5 Å². The van der Waals surface area contributed by atoms with Gasteiger partial charge in [-0.2, -0.15) is 0 Å². The van der Waals surface area contributed by atoms with Crippen LogP contribution in [0.1, 0.15) is 28.8 Å². The Morgan fingerprint density at radius 3 is 3.20 bits per heavy atom. The lowest BCUT2D eigenvalue weighted by Gasteiger charge is -2.22. The van der Waals surface area contributed by atoms with Crippen LogP contribution in [0.4, 0.5) is 0 Å². The van der Waals surface area contributed by atoms with Crippen molar-refractivity contribution in [2.45, 2.75) is 19.3 Å². The van der Waals surface area contributed by atoms with Gasteiger partial charge in [0, 0.05) is 23.9 Å². The number of rotatable bonds is 2. The van der Waals surface area contributed by atoms with Gasteiger partial charge in [0.25, 0.3) is 0 Å². The number of fused-ring (bicyclic) bond motifs is 1. The van der Waals surface area contributed by atoms with E-state index in [1.165, 1.54) is 0 Å². The molecule has 0 fully saturated rings. The molecule has 0 aromatic carbocycles. The van der Waals surface area contributed by atoms with Crippen molar-refractivity contribution in [2.75, 3.05) is 0 Å². The summed E-state index contributed by atoms with van der Waals surface area (Å²) >= 11 is 3.32. The first-order chi connectivity index (χ1) is 7.18. The number of hydrogen-bond donors (Lipinski definition) is 0. The molecule has 1 aliphatic rings. The maximum atomic E-state index is 12.1. The fourth-order valence-electron chi connectivity index (χ4n) is 2.01. The van der Waals surface area contributed by atoms with Crippen LogP contribution in [0.2, 0.25) is 0 Å². The second kappa shape index (κ2) is 4.27. The van der Waals surface area contributed by atoms with E-state index in [0.29, 0.717) is 0 Å². The number of halogens is 1. The van der Waals surface area contributed by atoms with Crippen molar-refractivity contribution in [1.82, 2.24) is 4.98 Å². The number of Topliss-reactive ketones (excluding diaryl/α,β-unsaturated/α-hetero) is 1. The molecule has 0 radical (unpaired) electrons. The topological polar surface area (TPSA) is 30.0 Å². The highest BCUT2D eigenvalue weighted by atomic mass is 79.9. The van der Waals surface area contributed by atoms with Crippen LogP contribution in [0.15, 0.2) is 29.5 Å². The van der Waals surface area contributed by atoms with Crippen molar-refractivity contribution in [2.24, 2.45) is 5.92 Å². The maximum absolute atomic E-state index is 12.1. The minimum Gasteiger partial charge on any atom is -0.294 e. The van der Waals surface area contributed by atoms with Crippen LogP contribution in [0, 0.1) is 5.92 Å². The van der Waals surface area contributed by atoms with Crippen LogP contribution in [0.5, 0.6) is 0 Å². The molecule has 0 N–H and O–H groups in total. The smallest absolute Gasteiger partial charge is 0.166 e. The predicted octanol–water partition coefficient (Wildman–Crippen LogP) is 3.13. The average Bonchev–Trinajstić information content (AvgIpc) is 2.22. The Morgan fingerprint density at radius 2 is 2.47 bits per heavy atom. The van der Waals surface area contributed by atoms with E-state index in [0.717, 1.165) is 34.9 Å². The number of aryl methyl sites for hydroxylation is 1. The number of nitrogens with zero attached hydrogens (tertiary/aromatic N) is 1. The first kappa shape index (κ1) is 10.6. The molecule has 1 aliphatic carbocycles. The normalized spacial score (nSPS) is 19.8. The van der Waals surface area contributed by atoms with E-state index in [1.54, 1.807) is 12.4 Å². The van der Waals surface area contributed by atoms with Gasteiger partial charge >= 0.3 is 0 Å². The zero-order chi connectivity index (χ0) is 10.8. The Morgan fingerprint density at radius 1 is 1.67 bits per heavy atom. The Kier molecular flexibility index (Phi) is 3.00. The lowest BCUT2D eigenvalue weighted by atomic mass is 9.82. The average molecular weight is 266 g/mol. The molecule has 0 bridgehead atoms. The number of hydrogen-bond acceptors (Lipinski definition) is 2. The minimum absolute atomic E-state index is 0.0896. The Labute approximate surface area is 97.5 Å². The summed E-state index contributed by atoms with van der Waals surface area (Å²) in [5.41, 5.74) is 1.92. The quantitative estimate of drug-likeness (QED) is 0.823. The summed E-state index contributed by atoms with van der Waals surface area (Å²) < 4.78 is 0.901. The Balaban J connectivity index is 2.26. The van der Waals surface area contributed by atoms with E-state index >= 15 is 0 Å². The van der Waals surface area contributed by atoms with Gasteiger partial charge in [0.1, 0.15) is 0 Å². The number of pyridine rings is 1. The summed E-state index contributed by atoms with van der Waals surface area (Å²) in [6.07, 6.45) is 6.07. The molecule has 1 heterocycles. The van der Waals surface area contributed by atoms with E-state index < -0.39 is 0 Å². The second-order valence-corrected chi connectivity index (χ2v) is 4.98. The molecule has 2 nitrogen and oxygen atoms in total. The number of carbonyl (C=O) groups excluding carboxylic acids is 1. The van der Waals surface area contributed by atoms with Crippen LogP contribution >= 0.6 is 15.9 Å².